The van der Waals surface area contributed by atoms with Gasteiger partial charge in [0.05, 0.1) is 22.4 Å². The zero-order valence-corrected chi connectivity index (χ0v) is 78.0. The van der Waals surface area contributed by atoms with Gasteiger partial charge in [0.1, 0.15) is 0 Å². The van der Waals surface area contributed by atoms with Crippen molar-refractivity contribution >= 4 is 108 Å². The molecule has 2 aliphatic heterocycles. The van der Waals surface area contributed by atoms with E-state index in [1.807, 2.05) is 12.1 Å². The fourth-order valence-electron chi connectivity index (χ4n) is 19.6. The number of aromatic nitrogens is 1. The van der Waals surface area contributed by atoms with Crippen molar-refractivity contribution in [1.29, 1.82) is 0 Å². The lowest BCUT2D eigenvalue weighted by atomic mass is 9.33. The topological polar surface area (TPSA) is 11.4 Å². The highest BCUT2D eigenvalue weighted by Crippen LogP contribution is 2.57. The minimum Gasteiger partial charge on any atom is -0.310 e. The third-order valence-electron chi connectivity index (χ3n) is 26.8. The van der Waals surface area contributed by atoms with Gasteiger partial charge in [0.2, 0.25) is 0 Å². The van der Waals surface area contributed by atoms with E-state index < -0.39 is 33.9 Å². The molecule has 624 valence electrons. The average molecular weight is 1650 g/mol. The Balaban J connectivity index is 1.04. The van der Waals surface area contributed by atoms with Crippen molar-refractivity contribution < 1.29 is 8.22 Å². The van der Waals surface area contributed by atoms with E-state index in [9.17, 15) is 0 Å². The molecule has 125 heavy (non-hydrogen) atoms. The third kappa shape index (κ3) is 15.1. The molecular weight excluding hydrogens is 1520 g/mol. The van der Waals surface area contributed by atoms with Crippen LogP contribution in [0.4, 0.5) is 34.1 Å². The number of rotatable bonds is 12. The SMILES string of the molecule is [2H]C([2H])([2H])c1ccc2c(c1)c1cc(C([2H])([2H])[2H])ccc1n2-c1ccc2c(c1)N(c1c(-c3cccc(C(C)(C)C)c3)cc(C(C)(C)C)cc1-c1cccc(C(C)(C)C)c1)c1cc(C(C)(C)C)cc3c1B2c1cc(-c2ccc([Si](c4ccccc4)(c4ccccc4)c4ccccc4)cc2)ccc1N3c1c(-c2cccc(C(C)(C)C)c2)cc(C(C)(C)C)cc1-c1cccc(C(C)(C)C)c1. The van der Waals surface area contributed by atoms with Crippen LogP contribution in [0, 0.1) is 13.7 Å². The Hall–Kier alpha value is -12.0. The zero-order valence-electron chi connectivity index (χ0n) is 83.0. The molecule has 0 aliphatic carbocycles. The second kappa shape index (κ2) is 30.7. The number of nitrogens with zero attached hydrogens (tertiary/aromatic N) is 3. The second-order valence-electron chi connectivity index (χ2n) is 42.7. The lowest BCUT2D eigenvalue weighted by molar-refractivity contribution is 0.589. The van der Waals surface area contributed by atoms with Gasteiger partial charge in [-0.15, -0.1) is 0 Å². The van der Waals surface area contributed by atoms with Crippen LogP contribution in [0.3, 0.4) is 0 Å². The van der Waals surface area contributed by atoms with Crippen molar-refractivity contribution in [2.75, 3.05) is 9.80 Å². The first-order valence-electron chi connectivity index (χ1n) is 47.9. The number of anilines is 6. The van der Waals surface area contributed by atoms with Crippen molar-refractivity contribution in [3.8, 4) is 61.3 Å². The van der Waals surface area contributed by atoms with Gasteiger partial charge in [0.25, 0.3) is 6.71 Å². The maximum absolute atomic E-state index is 8.85. The van der Waals surface area contributed by atoms with Gasteiger partial charge in [-0.2, -0.15) is 0 Å². The van der Waals surface area contributed by atoms with Crippen LogP contribution in [0.15, 0.2) is 322 Å². The number of hydrogen-bond acceptors (Lipinski definition) is 2. The quantitative estimate of drug-likeness (QED) is 0.0892. The summed E-state index contributed by atoms with van der Waals surface area (Å²) in [5.74, 6) is 0. The van der Waals surface area contributed by atoms with Crippen molar-refractivity contribution in [2.24, 2.45) is 0 Å². The van der Waals surface area contributed by atoms with Crippen LogP contribution in [0.2, 0.25) is 0 Å². The largest absolute Gasteiger partial charge is 0.310 e. The van der Waals surface area contributed by atoms with Gasteiger partial charge in [0.15, 0.2) is 8.07 Å². The first kappa shape index (κ1) is 76.6. The molecule has 0 atom stereocenters. The highest BCUT2D eigenvalue weighted by atomic mass is 28.3. The minimum absolute atomic E-state index is 0.176. The van der Waals surface area contributed by atoms with Crippen LogP contribution < -0.4 is 46.9 Å². The van der Waals surface area contributed by atoms with Gasteiger partial charge in [-0.05, 0) is 240 Å². The molecule has 0 bridgehead atoms. The predicted molar refractivity (Wildman–Crippen MR) is 546 cm³/mol. The molecule has 0 radical (unpaired) electrons. The first-order chi connectivity index (χ1) is 61.6. The van der Waals surface area contributed by atoms with Crippen molar-refractivity contribution in [3.63, 3.8) is 0 Å². The molecule has 0 amide bonds. The summed E-state index contributed by atoms with van der Waals surface area (Å²) in [6.45, 7) is 43.7. The first-order valence-corrected chi connectivity index (χ1v) is 46.9. The van der Waals surface area contributed by atoms with Crippen LogP contribution in [0.1, 0.15) is 204 Å². The molecule has 3 heterocycles. The molecule has 18 rings (SSSR count). The minimum atomic E-state index is -2.97. The highest BCUT2D eigenvalue weighted by molar-refractivity contribution is 7.20. The van der Waals surface area contributed by atoms with Gasteiger partial charge in [-0.25, -0.2) is 0 Å². The molecule has 16 aromatic rings. The molecule has 15 aromatic carbocycles. The summed E-state index contributed by atoms with van der Waals surface area (Å²) in [4.78, 5) is 5.40. The fraction of sp³-hybridized carbons (Fsp3) is 0.250. The van der Waals surface area contributed by atoms with Crippen LogP contribution >= 0.6 is 0 Å². The Morgan fingerprint density at radius 1 is 0.248 bits per heavy atom. The van der Waals surface area contributed by atoms with Gasteiger partial charge in [-0.3, -0.25) is 0 Å². The number of fused-ring (bicyclic) bond motifs is 7. The van der Waals surface area contributed by atoms with Crippen molar-refractivity contribution in [2.45, 2.75) is 197 Å². The van der Waals surface area contributed by atoms with Crippen LogP contribution in [0.25, 0.3) is 83.1 Å². The summed E-state index contributed by atoms with van der Waals surface area (Å²) in [6.07, 6.45) is 0. The number of aryl methyl sites for hydroxylation is 2. The molecule has 0 unspecified atom stereocenters. The van der Waals surface area contributed by atoms with Crippen molar-refractivity contribution in [1.82, 2.24) is 4.57 Å². The van der Waals surface area contributed by atoms with E-state index in [-0.39, 0.29) is 43.6 Å². The highest BCUT2D eigenvalue weighted by Gasteiger charge is 2.48. The molecule has 0 saturated heterocycles. The van der Waals surface area contributed by atoms with Crippen molar-refractivity contribution in [3.05, 3.63) is 372 Å². The summed E-state index contributed by atoms with van der Waals surface area (Å²) < 4.78 is 55.3. The molecule has 3 nitrogen and oxygen atoms in total. The van der Waals surface area contributed by atoms with Gasteiger partial charge < -0.3 is 14.4 Å². The molecule has 0 fully saturated rings. The predicted octanol–water partition coefficient (Wildman–Crippen LogP) is 28.3. The van der Waals surface area contributed by atoms with Crippen LogP contribution in [0.5, 0.6) is 0 Å². The number of hydrogen-bond donors (Lipinski definition) is 0. The Morgan fingerprint density at radius 3 is 0.952 bits per heavy atom. The van der Waals surface area contributed by atoms with Crippen LogP contribution in [-0.4, -0.2) is 19.4 Å². The second-order valence-corrected chi connectivity index (χ2v) is 46.5. The molecule has 1 aromatic heterocycles. The lowest BCUT2D eigenvalue weighted by Crippen LogP contribution is -2.74. The molecule has 0 N–H and O–H groups in total. The Kier molecular flexibility index (Phi) is 18.8. The molecule has 2 aliphatic rings. The van der Waals surface area contributed by atoms with E-state index in [0.29, 0.717) is 10.8 Å². The summed E-state index contributed by atoms with van der Waals surface area (Å²) in [5, 5.41) is 6.52. The summed E-state index contributed by atoms with van der Waals surface area (Å²) >= 11 is 0. The van der Waals surface area contributed by atoms with Gasteiger partial charge in [0, 0.05) is 69.7 Å². The summed E-state index contributed by atoms with van der Waals surface area (Å²) in [7, 11) is -2.97. The number of benzene rings is 15. The lowest BCUT2D eigenvalue weighted by Gasteiger charge is -2.47. The van der Waals surface area contributed by atoms with Gasteiger partial charge in [-0.1, -0.05) is 399 Å². The maximum atomic E-state index is 8.85. The Labute approximate surface area is 755 Å². The van der Waals surface area contributed by atoms with E-state index in [1.165, 1.54) is 54.1 Å². The summed E-state index contributed by atoms with van der Waals surface area (Å²) in [5.41, 5.74) is 29.9. The standard InChI is InChI=1S/C120H122BN3Si/c1-77-51-60-105-101(63-77)102-64-78(2)52-61-106(102)122(105)92-56-59-103-108(76-92)124(113-99(83-39-35-43-87(67-83)116(9,10)11)72-90(119(18,19)20)73-100(113)84-40-36-44-88(68-84)117(12,13)14)110-75-91(120(21,22)23)74-109-111(110)121(103)104-69-80(79-53-57-96(58-54-79)125(93-45-27-24-28-46-93,94-47-29-25-30-48-94)95-49-31-26-32-50-95)55-62-107(104)123(109)112-97(81-37-33-41-85(65-81)114(3,4)5)70-89(118(15,16)17)71-98(112)82-38-34-42-86(66-82)115(6,7)8/h24-76H,1-23H3/i1D3,2D3. The maximum Gasteiger partial charge on any atom is 0.252 e. The molecular formula is C120H122BN3Si. The van der Waals surface area contributed by atoms with E-state index in [0.717, 1.165) is 128 Å². The van der Waals surface area contributed by atoms with E-state index in [4.69, 9.17) is 8.22 Å². The zero-order chi connectivity index (χ0) is 93.1. The normalized spacial score (nSPS) is 14.3. The van der Waals surface area contributed by atoms with E-state index >= 15 is 0 Å². The molecule has 0 spiro atoms. The summed E-state index contributed by atoms with van der Waals surface area (Å²) in [6, 6.07) is 121. The van der Waals surface area contributed by atoms with E-state index in [2.05, 4.69) is 445 Å². The molecule has 5 heteroatoms. The fourth-order valence-corrected chi connectivity index (χ4v) is 24.4. The monoisotopic (exact) mass is 1650 g/mol. The van der Waals surface area contributed by atoms with Crippen LogP contribution in [-0.2, 0) is 37.9 Å². The smallest absolute Gasteiger partial charge is 0.252 e. The Bertz CT molecular complexity index is 6820. The third-order valence-corrected chi connectivity index (χ3v) is 31.6. The van der Waals surface area contributed by atoms with Gasteiger partial charge >= 0.3 is 0 Å². The van der Waals surface area contributed by atoms with E-state index in [1.54, 1.807) is 24.3 Å². The Morgan fingerprint density at radius 2 is 0.592 bits per heavy atom. The molecule has 0 saturated carbocycles. The average Bonchev–Trinajstić information content (AvgIpc) is 0.788.